The highest BCUT2D eigenvalue weighted by molar-refractivity contribution is 6.77. The fourth-order valence-electron chi connectivity index (χ4n) is 5.69. The van der Waals surface area contributed by atoms with E-state index in [1.165, 1.54) is 35.6 Å². The van der Waals surface area contributed by atoms with E-state index in [0.29, 0.717) is 11.5 Å². The van der Waals surface area contributed by atoms with Crippen molar-refractivity contribution < 1.29 is 9.90 Å². The summed E-state index contributed by atoms with van der Waals surface area (Å²) in [5, 5.41) is 8.96. The number of carboxylic acid groups (broad SMARTS) is 1. The fraction of sp³-hybridized carbons (Fsp3) is 0.464. The van der Waals surface area contributed by atoms with E-state index in [1.54, 1.807) is 17.2 Å². The first-order chi connectivity index (χ1) is 14.6. The molecule has 4 unspecified atom stereocenters. The van der Waals surface area contributed by atoms with Crippen molar-refractivity contribution in [1.82, 2.24) is 0 Å². The first-order valence-electron chi connectivity index (χ1n) is 11.8. The SMILES string of the molecule is CC1Cc2ccc(C3Cc4ccc(C=CC(=O)O)cc4CC3[Si](C)(C)C)cc2CC1C. The number of hydrogen-bond acceptors (Lipinski definition) is 1. The minimum absolute atomic E-state index is 0.583. The lowest BCUT2D eigenvalue weighted by Gasteiger charge is -2.41. The van der Waals surface area contributed by atoms with Crippen LogP contribution in [0.1, 0.15) is 53.1 Å². The zero-order valence-electron chi connectivity index (χ0n) is 19.6. The molecule has 0 fully saturated rings. The fourth-order valence-corrected chi connectivity index (χ4v) is 8.04. The van der Waals surface area contributed by atoms with E-state index in [-0.39, 0.29) is 0 Å². The van der Waals surface area contributed by atoms with Crippen LogP contribution >= 0.6 is 0 Å². The number of aliphatic carboxylic acids is 1. The largest absolute Gasteiger partial charge is 0.478 e. The predicted octanol–water partition coefficient (Wildman–Crippen LogP) is 6.75. The molecular formula is C28H36O2Si. The summed E-state index contributed by atoms with van der Waals surface area (Å²) in [7, 11) is -1.40. The molecule has 0 saturated carbocycles. The summed E-state index contributed by atoms with van der Waals surface area (Å²) in [6.07, 6.45) is 7.58. The summed E-state index contributed by atoms with van der Waals surface area (Å²) in [6.45, 7) is 12.3. The molecule has 0 spiro atoms. The van der Waals surface area contributed by atoms with Crippen LogP contribution in [0.4, 0.5) is 0 Å². The third-order valence-corrected chi connectivity index (χ3v) is 10.7. The molecule has 0 saturated heterocycles. The standard InChI is InChI=1S/C28H36O2Si/c1-18-12-21-9-10-23(15-24(21)13-19(18)2)26-16-22-8-6-20(7-11-28(29)30)14-25(22)17-27(26)31(3,4)5/h6-11,14-15,18-19,26-27H,12-13,16-17H2,1-5H3,(H,29,30). The van der Waals surface area contributed by atoms with E-state index in [2.05, 4.69) is 69.9 Å². The van der Waals surface area contributed by atoms with Crippen molar-refractivity contribution in [3.8, 4) is 0 Å². The Balaban J connectivity index is 1.68. The second-order valence-corrected chi connectivity index (χ2v) is 16.6. The van der Waals surface area contributed by atoms with Crippen LogP contribution in [0.2, 0.25) is 25.2 Å². The smallest absolute Gasteiger partial charge is 0.328 e. The van der Waals surface area contributed by atoms with E-state index < -0.39 is 14.0 Å². The van der Waals surface area contributed by atoms with Gasteiger partial charge in [-0.15, -0.1) is 0 Å². The lowest BCUT2D eigenvalue weighted by atomic mass is 9.74. The molecule has 1 N–H and O–H groups in total. The molecule has 2 aliphatic carbocycles. The topological polar surface area (TPSA) is 37.3 Å². The van der Waals surface area contributed by atoms with Gasteiger partial charge in [0.05, 0.1) is 0 Å². The van der Waals surface area contributed by atoms with Crippen LogP contribution < -0.4 is 0 Å². The van der Waals surface area contributed by atoms with Crippen LogP contribution in [0.15, 0.2) is 42.5 Å². The van der Waals surface area contributed by atoms with Crippen molar-refractivity contribution in [2.45, 2.75) is 70.6 Å². The number of benzene rings is 2. The van der Waals surface area contributed by atoms with Crippen LogP contribution in [-0.2, 0) is 30.5 Å². The van der Waals surface area contributed by atoms with Crippen molar-refractivity contribution in [3.63, 3.8) is 0 Å². The Labute approximate surface area is 188 Å². The maximum absolute atomic E-state index is 10.9. The summed E-state index contributed by atoms with van der Waals surface area (Å²) < 4.78 is 0. The summed E-state index contributed by atoms with van der Waals surface area (Å²) in [5.41, 5.74) is 9.21. The molecule has 2 aromatic rings. The number of fused-ring (bicyclic) bond motifs is 2. The van der Waals surface area contributed by atoms with Crippen molar-refractivity contribution in [2.75, 3.05) is 0 Å². The summed E-state index contributed by atoms with van der Waals surface area (Å²) in [5.74, 6) is 1.23. The van der Waals surface area contributed by atoms with Crippen molar-refractivity contribution in [2.24, 2.45) is 11.8 Å². The van der Waals surface area contributed by atoms with Crippen LogP contribution in [0.25, 0.3) is 6.08 Å². The predicted molar refractivity (Wildman–Crippen MR) is 133 cm³/mol. The molecule has 31 heavy (non-hydrogen) atoms. The lowest BCUT2D eigenvalue weighted by Crippen LogP contribution is -2.37. The van der Waals surface area contributed by atoms with Crippen LogP contribution in [0.5, 0.6) is 0 Å². The van der Waals surface area contributed by atoms with Crippen molar-refractivity contribution in [1.29, 1.82) is 0 Å². The van der Waals surface area contributed by atoms with Crippen LogP contribution in [0.3, 0.4) is 0 Å². The molecule has 0 aromatic heterocycles. The highest BCUT2D eigenvalue weighted by atomic mass is 28.3. The Morgan fingerprint density at radius 3 is 2.16 bits per heavy atom. The van der Waals surface area contributed by atoms with Gasteiger partial charge in [-0.3, -0.25) is 0 Å². The maximum Gasteiger partial charge on any atom is 0.328 e. The normalized spacial score (nSPS) is 25.8. The Hall–Kier alpha value is -2.13. The molecule has 4 atom stereocenters. The first-order valence-corrected chi connectivity index (χ1v) is 15.3. The van der Waals surface area contributed by atoms with Gasteiger partial charge in [0.15, 0.2) is 0 Å². The number of rotatable bonds is 4. The van der Waals surface area contributed by atoms with Crippen LogP contribution in [-0.4, -0.2) is 19.1 Å². The molecule has 2 nitrogen and oxygen atoms in total. The molecule has 0 radical (unpaired) electrons. The molecule has 2 aromatic carbocycles. The van der Waals surface area contributed by atoms with Gasteiger partial charge >= 0.3 is 5.97 Å². The van der Waals surface area contributed by atoms with Gasteiger partial charge in [-0.1, -0.05) is 69.9 Å². The molecule has 0 aliphatic heterocycles. The molecular weight excluding hydrogens is 396 g/mol. The van der Waals surface area contributed by atoms with E-state index in [4.69, 9.17) is 5.11 Å². The maximum atomic E-state index is 10.9. The van der Waals surface area contributed by atoms with Crippen molar-refractivity contribution in [3.05, 3.63) is 75.9 Å². The zero-order chi connectivity index (χ0) is 22.3. The molecule has 0 heterocycles. The Bertz CT molecular complexity index is 1010. The van der Waals surface area contributed by atoms with Gasteiger partial charge in [-0.25, -0.2) is 4.79 Å². The molecule has 4 rings (SSSR count). The minimum atomic E-state index is -1.40. The van der Waals surface area contributed by atoms with E-state index in [0.717, 1.165) is 30.2 Å². The summed E-state index contributed by atoms with van der Waals surface area (Å²) in [6, 6.07) is 13.9. The summed E-state index contributed by atoms with van der Waals surface area (Å²) >= 11 is 0. The molecule has 2 aliphatic rings. The highest BCUT2D eigenvalue weighted by Gasteiger charge is 2.38. The quantitative estimate of drug-likeness (QED) is 0.429. The third-order valence-electron chi connectivity index (χ3n) is 7.84. The monoisotopic (exact) mass is 432 g/mol. The zero-order valence-corrected chi connectivity index (χ0v) is 20.6. The van der Waals surface area contributed by atoms with Gasteiger partial charge < -0.3 is 5.11 Å². The Kier molecular flexibility index (Phi) is 6.00. The average Bonchev–Trinajstić information content (AvgIpc) is 2.71. The van der Waals surface area contributed by atoms with Crippen LogP contribution in [0, 0.1) is 11.8 Å². The average molecular weight is 433 g/mol. The molecule has 3 heteroatoms. The van der Waals surface area contributed by atoms with E-state index in [9.17, 15) is 4.79 Å². The molecule has 0 bridgehead atoms. The van der Waals surface area contributed by atoms with Gasteiger partial charge in [0.2, 0.25) is 0 Å². The number of hydrogen-bond donors (Lipinski definition) is 1. The van der Waals surface area contributed by atoms with Gasteiger partial charge in [-0.05, 0) is 88.4 Å². The number of carbonyl (C=O) groups is 1. The highest BCUT2D eigenvalue weighted by Crippen LogP contribution is 2.47. The Morgan fingerprint density at radius 1 is 0.871 bits per heavy atom. The van der Waals surface area contributed by atoms with E-state index in [1.807, 2.05) is 0 Å². The Morgan fingerprint density at radius 2 is 1.48 bits per heavy atom. The second-order valence-electron chi connectivity index (χ2n) is 11.1. The van der Waals surface area contributed by atoms with E-state index >= 15 is 0 Å². The molecule has 164 valence electrons. The first kappa shape index (κ1) is 22.1. The lowest BCUT2D eigenvalue weighted by molar-refractivity contribution is -0.131. The second kappa shape index (κ2) is 8.42. The van der Waals surface area contributed by atoms with Gasteiger partial charge in [-0.2, -0.15) is 0 Å². The van der Waals surface area contributed by atoms with Gasteiger partial charge in [0.1, 0.15) is 0 Å². The van der Waals surface area contributed by atoms with Crippen molar-refractivity contribution >= 4 is 20.1 Å². The van der Waals surface area contributed by atoms with Gasteiger partial charge in [0, 0.05) is 14.1 Å². The van der Waals surface area contributed by atoms with Gasteiger partial charge in [0.25, 0.3) is 0 Å². The summed E-state index contributed by atoms with van der Waals surface area (Å²) in [4.78, 5) is 10.9. The minimum Gasteiger partial charge on any atom is -0.478 e. The third kappa shape index (κ3) is 4.72. The number of carboxylic acids is 1. The molecule has 0 amide bonds.